The molecule has 2 atom stereocenters. The summed E-state index contributed by atoms with van der Waals surface area (Å²) < 4.78 is 0. The summed E-state index contributed by atoms with van der Waals surface area (Å²) in [6.45, 7) is 6.91. The molecule has 1 amide bonds. The molecular formula is C9H17NO2S. The number of aliphatic hydroxyl groups excluding tert-OH is 1. The molecule has 0 fully saturated rings. The van der Waals surface area contributed by atoms with Crippen LogP contribution in [0.1, 0.15) is 13.8 Å². The first-order valence-corrected chi connectivity index (χ1v) is 5.37. The summed E-state index contributed by atoms with van der Waals surface area (Å²) in [5.74, 6) is 1.43. The summed E-state index contributed by atoms with van der Waals surface area (Å²) in [4.78, 5) is 10.6. The average molecular weight is 203 g/mol. The van der Waals surface area contributed by atoms with Gasteiger partial charge >= 0.3 is 0 Å². The van der Waals surface area contributed by atoms with Gasteiger partial charge in [0.1, 0.15) is 0 Å². The van der Waals surface area contributed by atoms with Crippen molar-refractivity contribution in [2.24, 2.45) is 0 Å². The van der Waals surface area contributed by atoms with Gasteiger partial charge in [-0.1, -0.05) is 6.08 Å². The first kappa shape index (κ1) is 12.5. The second-order valence-electron chi connectivity index (χ2n) is 2.94. The molecule has 4 heteroatoms. The Bertz CT molecular complexity index is 173. The van der Waals surface area contributed by atoms with Gasteiger partial charge in [0.2, 0.25) is 5.91 Å². The fraction of sp³-hybridized carbons (Fsp3) is 0.667. The Hall–Kier alpha value is -0.480. The lowest BCUT2D eigenvalue weighted by Crippen LogP contribution is -2.32. The predicted octanol–water partition coefficient (Wildman–Crippen LogP) is 0.791. The number of rotatable bonds is 6. The standard InChI is InChI=1S/C9H17NO2S/c1-4-9(12)6-13-5-7(2)10-8(3)11/h4,7,9,12H,1,5-6H2,2-3H3,(H,10,11)/t7-,9-/m1/s1. The summed E-state index contributed by atoms with van der Waals surface area (Å²) in [6, 6.07) is 0.152. The van der Waals surface area contributed by atoms with Gasteiger partial charge < -0.3 is 10.4 Å². The molecule has 13 heavy (non-hydrogen) atoms. The van der Waals surface area contributed by atoms with E-state index in [1.807, 2.05) is 6.92 Å². The van der Waals surface area contributed by atoms with Gasteiger partial charge in [0.05, 0.1) is 6.10 Å². The molecule has 0 aliphatic carbocycles. The molecule has 0 radical (unpaired) electrons. The van der Waals surface area contributed by atoms with Crippen LogP contribution in [-0.2, 0) is 4.79 Å². The van der Waals surface area contributed by atoms with Gasteiger partial charge in [-0.3, -0.25) is 4.79 Å². The van der Waals surface area contributed by atoms with E-state index in [1.54, 1.807) is 11.8 Å². The zero-order chi connectivity index (χ0) is 10.3. The van der Waals surface area contributed by atoms with Crippen molar-refractivity contribution in [2.75, 3.05) is 11.5 Å². The maximum atomic E-state index is 10.6. The van der Waals surface area contributed by atoms with E-state index in [9.17, 15) is 4.79 Å². The number of hydrogen-bond donors (Lipinski definition) is 2. The Kier molecular flexibility index (Phi) is 6.72. The first-order valence-electron chi connectivity index (χ1n) is 4.21. The van der Waals surface area contributed by atoms with Gasteiger partial charge in [-0.05, 0) is 6.92 Å². The maximum absolute atomic E-state index is 10.6. The van der Waals surface area contributed by atoms with Gasteiger partial charge in [0, 0.05) is 24.5 Å². The number of nitrogens with one attached hydrogen (secondary N) is 1. The fourth-order valence-corrected chi connectivity index (χ4v) is 1.77. The normalized spacial score (nSPS) is 14.7. The van der Waals surface area contributed by atoms with E-state index in [1.165, 1.54) is 13.0 Å². The van der Waals surface area contributed by atoms with Crippen molar-refractivity contribution in [3.63, 3.8) is 0 Å². The molecule has 0 spiro atoms. The van der Waals surface area contributed by atoms with Crippen LogP contribution in [0, 0.1) is 0 Å². The summed E-state index contributed by atoms with van der Waals surface area (Å²) in [5, 5.41) is 11.9. The lowest BCUT2D eigenvalue weighted by molar-refractivity contribution is -0.119. The van der Waals surface area contributed by atoms with Crippen LogP contribution in [0.25, 0.3) is 0 Å². The van der Waals surface area contributed by atoms with Gasteiger partial charge in [0.15, 0.2) is 0 Å². The topological polar surface area (TPSA) is 49.3 Å². The van der Waals surface area contributed by atoms with Crippen LogP contribution in [0.5, 0.6) is 0 Å². The first-order chi connectivity index (χ1) is 6.06. The molecule has 0 bridgehead atoms. The van der Waals surface area contributed by atoms with Crippen molar-refractivity contribution in [1.29, 1.82) is 0 Å². The molecule has 0 aliphatic heterocycles. The molecule has 0 aromatic carbocycles. The van der Waals surface area contributed by atoms with E-state index in [0.717, 1.165) is 5.75 Å². The van der Waals surface area contributed by atoms with Crippen LogP contribution in [0.4, 0.5) is 0 Å². The van der Waals surface area contributed by atoms with E-state index >= 15 is 0 Å². The minimum absolute atomic E-state index is 0.0163. The molecule has 0 saturated heterocycles. The Morgan fingerprint density at radius 2 is 2.31 bits per heavy atom. The number of thioether (sulfide) groups is 1. The van der Waals surface area contributed by atoms with E-state index in [0.29, 0.717) is 5.75 Å². The van der Waals surface area contributed by atoms with Crippen molar-refractivity contribution in [2.45, 2.75) is 26.0 Å². The third kappa shape index (κ3) is 7.87. The second kappa shape index (κ2) is 6.97. The van der Waals surface area contributed by atoms with Crippen LogP contribution >= 0.6 is 11.8 Å². The van der Waals surface area contributed by atoms with Crippen LogP contribution in [0.3, 0.4) is 0 Å². The molecule has 0 heterocycles. The Labute approximate surface area is 83.6 Å². The molecule has 76 valence electrons. The van der Waals surface area contributed by atoms with Crippen molar-refractivity contribution < 1.29 is 9.90 Å². The highest BCUT2D eigenvalue weighted by Gasteiger charge is 2.04. The lowest BCUT2D eigenvalue weighted by atomic mass is 10.4. The third-order valence-corrected chi connectivity index (χ3v) is 2.69. The molecule has 0 aromatic heterocycles. The van der Waals surface area contributed by atoms with Gasteiger partial charge in [-0.25, -0.2) is 0 Å². The Morgan fingerprint density at radius 1 is 1.69 bits per heavy atom. The summed E-state index contributed by atoms with van der Waals surface area (Å²) in [7, 11) is 0. The van der Waals surface area contributed by atoms with E-state index in [2.05, 4.69) is 11.9 Å². The van der Waals surface area contributed by atoms with Crippen LogP contribution in [-0.4, -0.2) is 34.7 Å². The molecule has 0 aromatic rings. The number of hydrogen-bond acceptors (Lipinski definition) is 3. The van der Waals surface area contributed by atoms with Crippen molar-refractivity contribution in [3.8, 4) is 0 Å². The third-order valence-electron chi connectivity index (χ3n) is 1.38. The van der Waals surface area contributed by atoms with Crippen molar-refractivity contribution in [3.05, 3.63) is 12.7 Å². The highest BCUT2D eigenvalue weighted by Crippen LogP contribution is 2.05. The zero-order valence-electron chi connectivity index (χ0n) is 8.12. The second-order valence-corrected chi connectivity index (χ2v) is 4.02. The maximum Gasteiger partial charge on any atom is 0.217 e. The summed E-state index contributed by atoms with van der Waals surface area (Å²) in [5.41, 5.74) is 0. The Balaban J connectivity index is 3.41. The van der Waals surface area contributed by atoms with Gasteiger partial charge in [-0.2, -0.15) is 11.8 Å². The molecule has 3 nitrogen and oxygen atoms in total. The summed E-state index contributed by atoms with van der Waals surface area (Å²) >= 11 is 1.60. The van der Waals surface area contributed by atoms with Crippen molar-refractivity contribution in [1.82, 2.24) is 5.32 Å². The van der Waals surface area contributed by atoms with Crippen LogP contribution < -0.4 is 5.32 Å². The molecule has 0 rings (SSSR count). The average Bonchev–Trinajstić information content (AvgIpc) is 2.02. The van der Waals surface area contributed by atoms with E-state index in [-0.39, 0.29) is 11.9 Å². The Morgan fingerprint density at radius 3 is 2.77 bits per heavy atom. The van der Waals surface area contributed by atoms with Crippen LogP contribution in [0.2, 0.25) is 0 Å². The smallest absolute Gasteiger partial charge is 0.217 e. The number of carbonyl (C=O) groups is 1. The highest BCUT2D eigenvalue weighted by atomic mass is 32.2. The predicted molar refractivity (Wildman–Crippen MR) is 56.8 cm³/mol. The number of carbonyl (C=O) groups excluding carboxylic acids is 1. The quantitative estimate of drug-likeness (QED) is 0.628. The molecule has 0 saturated carbocycles. The number of aliphatic hydroxyl groups is 1. The minimum atomic E-state index is -0.450. The van der Waals surface area contributed by atoms with Gasteiger partial charge in [0.25, 0.3) is 0 Å². The molecule has 0 aliphatic rings. The van der Waals surface area contributed by atoms with Gasteiger partial charge in [-0.15, -0.1) is 6.58 Å². The molecule has 2 N–H and O–H groups in total. The number of amides is 1. The zero-order valence-corrected chi connectivity index (χ0v) is 8.93. The van der Waals surface area contributed by atoms with E-state index in [4.69, 9.17) is 5.11 Å². The largest absolute Gasteiger partial charge is 0.388 e. The minimum Gasteiger partial charge on any atom is -0.388 e. The summed E-state index contributed by atoms with van der Waals surface area (Å²) in [6.07, 6.45) is 1.06. The van der Waals surface area contributed by atoms with Crippen molar-refractivity contribution >= 4 is 17.7 Å². The fourth-order valence-electron chi connectivity index (χ4n) is 0.822. The molecular weight excluding hydrogens is 186 g/mol. The van der Waals surface area contributed by atoms with E-state index < -0.39 is 6.10 Å². The SMILES string of the molecule is C=C[C@@H](O)CSC[C@@H](C)NC(C)=O. The molecule has 0 unspecified atom stereocenters. The lowest BCUT2D eigenvalue weighted by Gasteiger charge is -2.12. The van der Waals surface area contributed by atoms with Crippen LogP contribution in [0.15, 0.2) is 12.7 Å². The monoisotopic (exact) mass is 203 g/mol. The highest BCUT2D eigenvalue weighted by molar-refractivity contribution is 7.99.